The predicted molar refractivity (Wildman–Crippen MR) is 124 cm³/mol. The Kier molecular flexibility index (Phi) is 11.4. The number of benzene rings is 1. The number of amides is 4. The fourth-order valence-corrected chi connectivity index (χ4v) is 3.14. The third kappa shape index (κ3) is 9.49. The SMILES string of the molecule is CC(C)C(NC(=O)C(CS)NC(=O)C(N)CC(N)=O)C(=O)NC(Cc1ccccc1)C(=O)O. The number of carbonyl (C=O) groups is 5. The summed E-state index contributed by atoms with van der Waals surface area (Å²) in [6.07, 6.45) is -0.338. The summed E-state index contributed by atoms with van der Waals surface area (Å²) in [5, 5.41) is 16.9. The van der Waals surface area contributed by atoms with Crippen LogP contribution in [-0.4, -0.2) is 64.6 Å². The van der Waals surface area contributed by atoms with E-state index in [4.69, 9.17) is 11.5 Å². The molecule has 1 rings (SSSR count). The van der Waals surface area contributed by atoms with E-state index >= 15 is 0 Å². The standard InChI is InChI=1S/C21H31N5O6S/c1-11(2)17(20(30)24-14(21(31)32)8-12-6-4-3-5-7-12)26-19(29)15(10-33)25-18(28)13(22)9-16(23)27/h3-7,11,13-15,17,33H,8-10,22H2,1-2H3,(H2,23,27)(H,24,30)(H,25,28)(H,26,29)(H,31,32). The van der Waals surface area contributed by atoms with Crippen molar-refractivity contribution in [1.29, 1.82) is 0 Å². The topological polar surface area (TPSA) is 194 Å². The maximum atomic E-state index is 12.8. The average molecular weight is 482 g/mol. The lowest BCUT2D eigenvalue weighted by atomic mass is 10.0. The van der Waals surface area contributed by atoms with E-state index in [9.17, 15) is 29.1 Å². The molecule has 1 aromatic carbocycles. The Bertz CT molecular complexity index is 851. The number of primary amides is 1. The van der Waals surface area contributed by atoms with E-state index in [1.54, 1.807) is 44.2 Å². The first-order valence-electron chi connectivity index (χ1n) is 10.3. The predicted octanol–water partition coefficient (Wildman–Crippen LogP) is -1.44. The van der Waals surface area contributed by atoms with Crippen molar-refractivity contribution >= 4 is 42.2 Å². The van der Waals surface area contributed by atoms with E-state index in [-0.39, 0.29) is 12.2 Å². The molecule has 0 heterocycles. The van der Waals surface area contributed by atoms with Crippen LogP contribution >= 0.6 is 12.6 Å². The van der Waals surface area contributed by atoms with Gasteiger partial charge in [0.05, 0.1) is 12.5 Å². The van der Waals surface area contributed by atoms with Gasteiger partial charge in [0.25, 0.3) is 0 Å². The molecule has 8 N–H and O–H groups in total. The quantitative estimate of drug-likeness (QED) is 0.168. The first kappa shape index (κ1) is 27.9. The van der Waals surface area contributed by atoms with Crippen molar-refractivity contribution in [3.63, 3.8) is 0 Å². The van der Waals surface area contributed by atoms with Gasteiger partial charge in [0, 0.05) is 12.2 Å². The molecule has 0 aliphatic carbocycles. The minimum Gasteiger partial charge on any atom is -0.480 e. The second kappa shape index (κ2) is 13.4. The lowest BCUT2D eigenvalue weighted by Gasteiger charge is -2.26. The van der Waals surface area contributed by atoms with Crippen LogP contribution in [0.15, 0.2) is 30.3 Å². The van der Waals surface area contributed by atoms with Crippen LogP contribution in [0, 0.1) is 5.92 Å². The van der Waals surface area contributed by atoms with Gasteiger partial charge < -0.3 is 32.5 Å². The van der Waals surface area contributed by atoms with Gasteiger partial charge in [0.15, 0.2) is 0 Å². The number of carboxylic acid groups (broad SMARTS) is 1. The summed E-state index contributed by atoms with van der Waals surface area (Å²) < 4.78 is 0. The zero-order valence-electron chi connectivity index (χ0n) is 18.5. The Morgan fingerprint density at radius 1 is 0.939 bits per heavy atom. The lowest BCUT2D eigenvalue weighted by molar-refractivity contribution is -0.142. The number of aliphatic carboxylic acids is 1. The highest BCUT2D eigenvalue weighted by Crippen LogP contribution is 2.07. The molecule has 11 nitrogen and oxygen atoms in total. The smallest absolute Gasteiger partial charge is 0.326 e. The Morgan fingerprint density at radius 3 is 2.00 bits per heavy atom. The van der Waals surface area contributed by atoms with Crippen LogP contribution in [0.5, 0.6) is 0 Å². The number of carboxylic acids is 1. The van der Waals surface area contributed by atoms with Crippen molar-refractivity contribution in [2.45, 2.75) is 50.9 Å². The number of nitrogens with one attached hydrogen (secondary N) is 3. The van der Waals surface area contributed by atoms with Crippen LogP contribution < -0.4 is 27.4 Å². The van der Waals surface area contributed by atoms with Crippen LogP contribution in [0.4, 0.5) is 0 Å². The molecular weight excluding hydrogens is 450 g/mol. The molecule has 0 fully saturated rings. The number of thiol groups is 1. The summed E-state index contributed by atoms with van der Waals surface area (Å²) in [7, 11) is 0. The molecule has 4 atom stereocenters. The number of carbonyl (C=O) groups excluding carboxylic acids is 4. The minimum absolute atomic E-state index is 0.0632. The van der Waals surface area contributed by atoms with Gasteiger partial charge in [-0.15, -0.1) is 0 Å². The molecule has 0 bridgehead atoms. The number of hydrogen-bond acceptors (Lipinski definition) is 7. The zero-order chi connectivity index (χ0) is 25.1. The van der Waals surface area contributed by atoms with E-state index in [1.807, 2.05) is 0 Å². The van der Waals surface area contributed by atoms with E-state index in [0.29, 0.717) is 0 Å². The zero-order valence-corrected chi connectivity index (χ0v) is 19.4. The normalized spacial score (nSPS) is 14.5. The second-order valence-electron chi connectivity index (χ2n) is 7.84. The molecule has 0 saturated heterocycles. The molecular formula is C21H31N5O6S. The van der Waals surface area contributed by atoms with Crippen molar-refractivity contribution in [2.24, 2.45) is 17.4 Å². The maximum Gasteiger partial charge on any atom is 0.326 e. The third-order valence-corrected chi connectivity index (χ3v) is 5.08. The summed E-state index contributed by atoms with van der Waals surface area (Å²) in [4.78, 5) is 60.2. The minimum atomic E-state index is -1.24. The molecule has 12 heteroatoms. The van der Waals surface area contributed by atoms with Crippen molar-refractivity contribution < 1.29 is 29.1 Å². The van der Waals surface area contributed by atoms with Crippen LogP contribution in [0.3, 0.4) is 0 Å². The van der Waals surface area contributed by atoms with Crippen LogP contribution in [0.1, 0.15) is 25.8 Å². The average Bonchev–Trinajstić information content (AvgIpc) is 2.74. The Balaban J connectivity index is 2.85. The van der Waals surface area contributed by atoms with Crippen molar-refractivity contribution in [1.82, 2.24) is 16.0 Å². The van der Waals surface area contributed by atoms with Crippen LogP contribution in [-0.2, 0) is 30.4 Å². The van der Waals surface area contributed by atoms with Gasteiger partial charge in [0.2, 0.25) is 23.6 Å². The summed E-state index contributed by atoms with van der Waals surface area (Å²) in [6, 6.07) is 4.13. The molecule has 182 valence electrons. The highest BCUT2D eigenvalue weighted by molar-refractivity contribution is 7.80. The van der Waals surface area contributed by atoms with Gasteiger partial charge in [-0.2, -0.15) is 12.6 Å². The van der Waals surface area contributed by atoms with Crippen molar-refractivity contribution in [3.8, 4) is 0 Å². The molecule has 0 aromatic heterocycles. The number of nitrogens with two attached hydrogens (primary N) is 2. The lowest BCUT2D eigenvalue weighted by Crippen LogP contribution is -2.59. The molecule has 0 aliphatic rings. The number of hydrogen-bond donors (Lipinski definition) is 7. The summed E-state index contributed by atoms with van der Waals surface area (Å²) in [5.41, 5.74) is 11.3. The Labute approximate surface area is 197 Å². The molecule has 0 radical (unpaired) electrons. The van der Waals surface area contributed by atoms with E-state index < -0.39 is 66.1 Å². The molecule has 4 amide bonds. The molecule has 33 heavy (non-hydrogen) atoms. The molecule has 4 unspecified atom stereocenters. The van der Waals surface area contributed by atoms with Gasteiger partial charge in [0.1, 0.15) is 18.1 Å². The fraction of sp³-hybridized carbons (Fsp3) is 0.476. The summed E-state index contributed by atoms with van der Waals surface area (Å²) in [6.45, 7) is 3.35. The van der Waals surface area contributed by atoms with E-state index in [1.165, 1.54) is 0 Å². The molecule has 0 saturated carbocycles. The first-order valence-corrected chi connectivity index (χ1v) is 10.9. The highest BCUT2D eigenvalue weighted by Gasteiger charge is 2.31. The Morgan fingerprint density at radius 2 is 1.52 bits per heavy atom. The second-order valence-corrected chi connectivity index (χ2v) is 8.21. The van der Waals surface area contributed by atoms with Gasteiger partial charge >= 0.3 is 5.97 Å². The van der Waals surface area contributed by atoms with Gasteiger partial charge in [-0.3, -0.25) is 19.2 Å². The van der Waals surface area contributed by atoms with Crippen molar-refractivity contribution in [3.05, 3.63) is 35.9 Å². The van der Waals surface area contributed by atoms with Gasteiger partial charge in [-0.05, 0) is 11.5 Å². The van der Waals surface area contributed by atoms with Gasteiger partial charge in [-0.1, -0.05) is 44.2 Å². The molecule has 1 aromatic rings. The first-order chi connectivity index (χ1) is 15.5. The largest absolute Gasteiger partial charge is 0.480 e. The van der Waals surface area contributed by atoms with Crippen LogP contribution in [0.2, 0.25) is 0 Å². The van der Waals surface area contributed by atoms with E-state index in [2.05, 4.69) is 28.6 Å². The van der Waals surface area contributed by atoms with Crippen molar-refractivity contribution in [2.75, 3.05) is 5.75 Å². The van der Waals surface area contributed by atoms with Crippen LogP contribution in [0.25, 0.3) is 0 Å². The number of rotatable bonds is 13. The summed E-state index contributed by atoms with van der Waals surface area (Å²) >= 11 is 4.05. The molecule has 0 aliphatic heterocycles. The highest BCUT2D eigenvalue weighted by atomic mass is 32.1. The maximum absolute atomic E-state index is 12.8. The van der Waals surface area contributed by atoms with E-state index in [0.717, 1.165) is 5.56 Å². The third-order valence-electron chi connectivity index (χ3n) is 4.72. The fourth-order valence-electron chi connectivity index (χ4n) is 2.88. The Hall–Kier alpha value is -3.12. The van der Waals surface area contributed by atoms with Gasteiger partial charge in [-0.25, -0.2) is 4.79 Å². The molecule has 0 spiro atoms. The summed E-state index contributed by atoms with van der Waals surface area (Å²) in [5.74, 6) is -4.67. The monoisotopic (exact) mass is 481 g/mol.